The van der Waals surface area contributed by atoms with E-state index in [1.807, 2.05) is 24.3 Å². The van der Waals surface area contributed by atoms with Crippen LogP contribution < -0.4 is 5.32 Å². The van der Waals surface area contributed by atoms with Gasteiger partial charge in [0.1, 0.15) is 5.56 Å². The highest BCUT2D eigenvalue weighted by Gasteiger charge is 2.32. The van der Waals surface area contributed by atoms with Crippen LogP contribution in [0.5, 0.6) is 0 Å². The van der Waals surface area contributed by atoms with E-state index in [0.29, 0.717) is 29.4 Å². The normalized spacial score (nSPS) is 17.9. The van der Waals surface area contributed by atoms with Crippen LogP contribution >= 0.6 is 11.6 Å². The molecule has 8 heteroatoms. The molecule has 0 aliphatic carbocycles. The molecule has 29 heavy (non-hydrogen) atoms. The quantitative estimate of drug-likeness (QED) is 0.696. The zero-order chi connectivity index (χ0) is 20.4. The van der Waals surface area contributed by atoms with Crippen molar-refractivity contribution in [2.75, 3.05) is 26.2 Å². The summed E-state index contributed by atoms with van der Waals surface area (Å²) in [5.74, 6) is -0.190. The summed E-state index contributed by atoms with van der Waals surface area (Å²) in [4.78, 5) is 19.5. The number of rotatable bonds is 5. The summed E-state index contributed by atoms with van der Waals surface area (Å²) in [6.45, 7) is 6.85. The Kier molecular flexibility index (Phi) is 5.54. The molecular formula is C21H24ClN5O2. The SMILES string of the molecule is CC1(C)CN(C(CNC(=O)c2cnn3cccnc23)c2ccc(Cl)cc2)CCO1. The van der Waals surface area contributed by atoms with Crippen LogP contribution in [0.4, 0.5) is 0 Å². The highest BCUT2D eigenvalue weighted by molar-refractivity contribution is 6.30. The van der Waals surface area contributed by atoms with Crippen molar-refractivity contribution < 1.29 is 9.53 Å². The molecule has 1 aliphatic rings. The average molecular weight is 414 g/mol. The Morgan fingerprint density at radius 3 is 2.90 bits per heavy atom. The number of nitrogens with one attached hydrogen (secondary N) is 1. The van der Waals surface area contributed by atoms with Crippen LogP contribution in [-0.2, 0) is 4.74 Å². The Bertz CT molecular complexity index is 1000. The molecule has 1 amide bonds. The molecule has 0 saturated carbocycles. The highest BCUT2D eigenvalue weighted by Crippen LogP contribution is 2.27. The molecule has 0 spiro atoms. The van der Waals surface area contributed by atoms with Crippen LogP contribution in [0.3, 0.4) is 0 Å². The molecule has 1 unspecified atom stereocenters. The summed E-state index contributed by atoms with van der Waals surface area (Å²) in [5, 5.41) is 7.95. The van der Waals surface area contributed by atoms with Gasteiger partial charge in [0.2, 0.25) is 0 Å². The van der Waals surface area contributed by atoms with E-state index in [9.17, 15) is 4.79 Å². The van der Waals surface area contributed by atoms with Crippen molar-refractivity contribution in [2.24, 2.45) is 0 Å². The number of ether oxygens (including phenoxy) is 1. The van der Waals surface area contributed by atoms with Gasteiger partial charge >= 0.3 is 0 Å². The first-order valence-corrected chi connectivity index (χ1v) is 10.0. The van der Waals surface area contributed by atoms with Crippen LogP contribution in [0.2, 0.25) is 5.02 Å². The second-order valence-corrected chi connectivity index (χ2v) is 8.24. The summed E-state index contributed by atoms with van der Waals surface area (Å²) in [6, 6.07) is 9.57. The zero-order valence-electron chi connectivity index (χ0n) is 16.5. The Hall–Kier alpha value is -2.48. The molecule has 3 heterocycles. The zero-order valence-corrected chi connectivity index (χ0v) is 17.3. The summed E-state index contributed by atoms with van der Waals surface area (Å²) in [5.41, 5.74) is 1.87. The van der Waals surface area contributed by atoms with Crippen LogP contribution in [0, 0.1) is 0 Å². The van der Waals surface area contributed by atoms with Crippen LogP contribution in [0.1, 0.15) is 35.8 Å². The van der Waals surface area contributed by atoms with Crippen molar-refractivity contribution in [3.8, 4) is 0 Å². The Morgan fingerprint density at radius 1 is 1.34 bits per heavy atom. The van der Waals surface area contributed by atoms with E-state index in [1.54, 1.807) is 29.2 Å². The van der Waals surface area contributed by atoms with E-state index in [4.69, 9.17) is 16.3 Å². The number of hydrogen-bond acceptors (Lipinski definition) is 5. The lowest BCUT2D eigenvalue weighted by Gasteiger charge is -2.42. The van der Waals surface area contributed by atoms with E-state index in [-0.39, 0.29) is 17.6 Å². The summed E-state index contributed by atoms with van der Waals surface area (Å²) in [6.07, 6.45) is 4.97. The summed E-state index contributed by atoms with van der Waals surface area (Å²) in [7, 11) is 0. The van der Waals surface area contributed by atoms with E-state index in [1.165, 1.54) is 0 Å². The van der Waals surface area contributed by atoms with Gasteiger partial charge in [-0.15, -0.1) is 0 Å². The monoisotopic (exact) mass is 413 g/mol. The van der Waals surface area contributed by atoms with E-state index >= 15 is 0 Å². The maximum Gasteiger partial charge on any atom is 0.256 e. The Morgan fingerprint density at radius 2 is 2.14 bits per heavy atom. The third-order valence-corrected chi connectivity index (χ3v) is 5.38. The van der Waals surface area contributed by atoms with Gasteiger partial charge < -0.3 is 10.1 Å². The second kappa shape index (κ2) is 8.10. The van der Waals surface area contributed by atoms with Crippen LogP contribution in [-0.4, -0.2) is 57.2 Å². The van der Waals surface area contributed by atoms with Gasteiger partial charge in [-0.2, -0.15) is 5.10 Å². The standard InChI is InChI=1S/C21H24ClN5O2/c1-21(2)14-26(10-11-29-21)18(15-4-6-16(22)7-5-15)13-24-20(28)17-12-25-27-9-3-8-23-19(17)27/h3-9,12,18H,10-11,13-14H2,1-2H3,(H,24,28). The first-order chi connectivity index (χ1) is 13.9. The molecular weight excluding hydrogens is 390 g/mol. The van der Waals surface area contributed by atoms with Crippen molar-refractivity contribution in [1.82, 2.24) is 24.8 Å². The molecule has 1 saturated heterocycles. The Labute approximate surface area is 174 Å². The first kappa shape index (κ1) is 19.8. The molecule has 2 aromatic heterocycles. The molecule has 1 N–H and O–H groups in total. The summed E-state index contributed by atoms with van der Waals surface area (Å²) >= 11 is 6.08. The number of hydrogen-bond donors (Lipinski definition) is 1. The molecule has 1 atom stereocenters. The second-order valence-electron chi connectivity index (χ2n) is 7.80. The van der Waals surface area contributed by atoms with Crippen molar-refractivity contribution in [2.45, 2.75) is 25.5 Å². The number of fused-ring (bicyclic) bond motifs is 1. The molecule has 152 valence electrons. The maximum absolute atomic E-state index is 12.9. The molecule has 0 radical (unpaired) electrons. The van der Waals surface area contributed by atoms with Crippen molar-refractivity contribution >= 4 is 23.2 Å². The van der Waals surface area contributed by atoms with Gasteiger partial charge in [0.05, 0.1) is 24.4 Å². The van der Waals surface area contributed by atoms with Gasteiger partial charge in [0.25, 0.3) is 5.91 Å². The fourth-order valence-electron chi connectivity index (χ4n) is 3.73. The molecule has 3 aromatic rings. The average Bonchev–Trinajstić information content (AvgIpc) is 3.13. The van der Waals surface area contributed by atoms with Gasteiger partial charge in [0, 0.05) is 37.1 Å². The van der Waals surface area contributed by atoms with Gasteiger partial charge in [-0.05, 0) is 37.6 Å². The fourth-order valence-corrected chi connectivity index (χ4v) is 3.86. The minimum Gasteiger partial charge on any atom is -0.373 e. The number of halogens is 1. The van der Waals surface area contributed by atoms with E-state index < -0.39 is 0 Å². The Balaban J connectivity index is 1.55. The van der Waals surface area contributed by atoms with Gasteiger partial charge in [-0.25, -0.2) is 9.50 Å². The number of aromatic nitrogens is 3. The molecule has 4 rings (SSSR count). The molecule has 1 fully saturated rings. The minimum absolute atomic E-state index is 0.00851. The fraction of sp³-hybridized carbons (Fsp3) is 0.381. The first-order valence-electron chi connectivity index (χ1n) is 9.63. The largest absolute Gasteiger partial charge is 0.373 e. The van der Waals surface area contributed by atoms with Crippen LogP contribution in [0.25, 0.3) is 5.65 Å². The number of amides is 1. The molecule has 1 aliphatic heterocycles. The maximum atomic E-state index is 12.9. The topological polar surface area (TPSA) is 71.8 Å². The van der Waals surface area contributed by atoms with E-state index in [0.717, 1.165) is 18.7 Å². The third kappa shape index (κ3) is 4.42. The number of nitrogens with zero attached hydrogens (tertiary/aromatic N) is 4. The number of carbonyl (C=O) groups is 1. The lowest BCUT2D eigenvalue weighted by atomic mass is 10.0. The number of carbonyl (C=O) groups excluding carboxylic acids is 1. The minimum atomic E-state index is -0.237. The van der Waals surface area contributed by atoms with Gasteiger partial charge in [-0.1, -0.05) is 23.7 Å². The van der Waals surface area contributed by atoms with Crippen molar-refractivity contribution in [3.63, 3.8) is 0 Å². The van der Waals surface area contributed by atoms with Crippen LogP contribution in [0.15, 0.2) is 48.9 Å². The smallest absolute Gasteiger partial charge is 0.256 e. The highest BCUT2D eigenvalue weighted by atomic mass is 35.5. The van der Waals surface area contributed by atoms with Crippen molar-refractivity contribution in [1.29, 1.82) is 0 Å². The van der Waals surface area contributed by atoms with E-state index in [2.05, 4.69) is 34.1 Å². The predicted octanol–water partition coefficient (Wildman–Crippen LogP) is 2.96. The summed E-state index contributed by atoms with van der Waals surface area (Å²) < 4.78 is 7.46. The lowest BCUT2D eigenvalue weighted by molar-refractivity contribution is -0.0972. The molecule has 7 nitrogen and oxygen atoms in total. The predicted molar refractivity (Wildman–Crippen MR) is 111 cm³/mol. The number of morpholine rings is 1. The lowest BCUT2D eigenvalue weighted by Crippen LogP contribution is -2.51. The third-order valence-electron chi connectivity index (χ3n) is 5.13. The van der Waals surface area contributed by atoms with Gasteiger partial charge in [-0.3, -0.25) is 9.69 Å². The molecule has 1 aromatic carbocycles. The van der Waals surface area contributed by atoms with Crippen molar-refractivity contribution in [3.05, 3.63) is 65.1 Å². The van der Waals surface area contributed by atoms with Gasteiger partial charge in [0.15, 0.2) is 5.65 Å². The molecule has 0 bridgehead atoms. The number of benzene rings is 1.